The van der Waals surface area contributed by atoms with E-state index < -0.39 is 22.2 Å². The minimum atomic E-state index is -4.82. The van der Waals surface area contributed by atoms with Gasteiger partial charge in [-0.1, -0.05) is 114 Å². The monoisotopic (exact) mass is 688 g/mol. The van der Waals surface area contributed by atoms with Gasteiger partial charge in [0.25, 0.3) is 10.0 Å². The zero-order chi connectivity index (χ0) is 35.3. The SMILES string of the molecule is CCc1nc2c(C)cc(C)nc2n1Cc1ccc(-c2ccccc2S(=O)(=O)N(C(=O)OCc2ccccc2)C(=O)OCc2ccccc2)cc1. The van der Waals surface area contributed by atoms with Gasteiger partial charge in [0.1, 0.15) is 24.6 Å². The number of pyridine rings is 1. The molecule has 0 aliphatic heterocycles. The van der Waals surface area contributed by atoms with Crippen LogP contribution in [0.25, 0.3) is 22.3 Å². The Morgan fingerprint density at radius 2 is 1.28 bits per heavy atom. The Kier molecular flexibility index (Phi) is 10.1. The second-order valence-corrected chi connectivity index (χ2v) is 13.5. The average molecular weight is 689 g/mol. The number of aromatic nitrogens is 3. The normalized spacial score (nSPS) is 11.3. The molecule has 2 amide bonds. The maximum absolute atomic E-state index is 14.3. The summed E-state index contributed by atoms with van der Waals surface area (Å²) in [5, 5.41) is 0. The molecule has 4 aromatic carbocycles. The van der Waals surface area contributed by atoms with Crippen LogP contribution in [0.4, 0.5) is 9.59 Å². The maximum Gasteiger partial charge on any atom is 0.434 e. The lowest BCUT2D eigenvalue weighted by Crippen LogP contribution is -2.42. The molecule has 0 saturated heterocycles. The van der Waals surface area contributed by atoms with Crippen LogP contribution < -0.4 is 0 Å². The van der Waals surface area contributed by atoms with E-state index in [1.807, 2.05) is 44.2 Å². The number of carbonyl (C=O) groups is 2. The minimum absolute atomic E-state index is 0.0550. The molecule has 0 unspecified atom stereocenters. The van der Waals surface area contributed by atoms with Crippen molar-refractivity contribution in [2.75, 3.05) is 0 Å². The standard InChI is InChI=1S/C39H36N4O6S/c1-4-35-41-36-27(2)23-28(3)40-37(36)42(35)24-29-19-21-32(22-20-29)33-17-11-12-18-34(33)50(46,47)43(38(44)48-25-30-13-7-5-8-14-30)39(45)49-26-31-15-9-6-10-16-31/h5-23H,4,24-26H2,1-3H3. The van der Waals surface area contributed by atoms with Gasteiger partial charge in [0.2, 0.25) is 0 Å². The Morgan fingerprint density at radius 1 is 0.720 bits per heavy atom. The molecule has 6 aromatic rings. The van der Waals surface area contributed by atoms with Crippen LogP contribution in [0.15, 0.2) is 120 Å². The first kappa shape index (κ1) is 34.1. The molecule has 0 saturated carbocycles. The summed E-state index contributed by atoms with van der Waals surface area (Å²) >= 11 is 0. The van der Waals surface area contributed by atoms with Crippen LogP contribution >= 0.6 is 0 Å². The first-order chi connectivity index (χ1) is 24.2. The van der Waals surface area contributed by atoms with E-state index in [1.165, 1.54) is 12.1 Å². The summed E-state index contributed by atoms with van der Waals surface area (Å²) in [6.07, 6.45) is -2.03. The zero-order valence-corrected chi connectivity index (χ0v) is 28.8. The predicted octanol–water partition coefficient (Wildman–Crippen LogP) is 7.99. The smallest absolute Gasteiger partial charge is 0.434 e. The lowest BCUT2D eigenvalue weighted by atomic mass is 10.0. The molecule has 0 atom stereocenters. The number of ether oxygens (including phenoxy) is 2. The van der Waals surface area contributed by atoms with Gasteiger partial charge in [0, 0.05) is 17.7 Å². The number of benzene rings is 4. The Hall–Kier alpha value is -5.81. The van der Waals surface area contributed by atoms with E-state index in [2.05, 4.69) is 11.5 Å². The average Bonchev–Trinajstić information content (AvgIpc) is 3.48. The number of hydrogen-bond donors (Lipinski definition) is 0. The summed E-state index contributed by atoms with van der Waals surface area (Å²) < 4.78 is 41.4. The molecule has 2 heterocycles. The van der Waals surface area contributed by atoms with E-state index >= 15 is 0 Å². The topological polar surface area (TPSA) is 121 Å². The van der Waals surface area contributed by atoms with Crippen LogP contribution in [-0.2, 0) is 45.7 Å². The number of carbonyl (C=O) groups excluding carboxylic acids is 2. The number of amides is 2. The Morgan fingerprint density at radius 3 is 1.86 bits per heavy atom. The van der Waals surface area contributed by atoms with Crippen LogP contribution in [0, 0.1) is 13.8 Å². The van der Waals surface area contributed by atoms with Gasteiger partial charge in [0.05, 0.1) is 11.4 Å². The van der Waals surface area contributed by atoms with Crippen molar-refractivity contribution >= 4 is 33.4 Å². The largest absolute Gasteiger partial charge is 0.443 e. The molecule has 2 aromatic heterocycles. The predicted molar refractivity (Wildman–Crippen MR) is 190 cm³/mol. The van der Waals surface area contributed by atoms with Crippen molar-refractivity contribution in [1.29, 1.82) is 0 Å². The van der Waals surface area contributed by atoms with Crippen molar-refractivity contribution in [3.63, 3.8) is 0 Å². The number of aryl methyl sites for hydroxylation is 3. The second-order valence-electron chi connectivity index (χ2n) is 11.8. The molecule has 0 N–H and O–H groups in total. The highest BCUT2D eigenvalue weighted by Gasteiger charge is 2.39. The number of nitrogens with zero attached hydrogens (tertiary/aromatic N) is 4. The van der Waals surface area contributed by atoms with E-state index in [0.29, 0.717) is 28.8 Å². The van der Waals surface area contributed by atoms with Crippen LogP contribution in [0.5, 0.6) is 0 Å². The molecule has 50 heavy (non-hydrogen) atoms. The molecular formula is C39H36N4O6S. The van der Waals surface area contributed by atoms with Crippen LogP contribution in [0.3, 0.4) is 0 Å². The summed E-state index contributed by atoms with van der Waals surface area (Å²) in [5.41, 5.74) is 6.73. The molecule has 0 radical (unpaired) electrons. The van der Waals surface area contributed by atoms with Gasteiger partial charge in [0.15, 0.2) is 5.65 Å². The highest BCUT2D eigenvalue weighted by molar-refractivity contribution is 7.90. The van der Waals surface area contributed by atoms with Gasteiger partial charge in [-0.3, -0.25) is 0 Å². The first-order valence-corrected chi connectivity index (χ1v) is 17.6. The number of hydrogen-bond acceptors (Lipinski definition) is 8. The number of imidazole rings is 1. The van der Waals surface area contributed by atoms with Gasteiger partial charge in [-0.25, -0.2) is 28.0 Å². The summed E-state index contributed by atoms with van der Waals surface area (Å²) in [6.45, 7) is 6.06. The number of imide groups is 1. The number of fused-ring (bicyclic) bond motifs is 1. The molecule has 10 nitrogen and oxygen atoms in total. The summed E-state index contributed by atoms with van der Waals surface area (Å²) in [4.78, 5) is 36.2. The first-order valence-electron chi connectivity index (χ1n) is 16.1. The van der Waals surface area contributed by atoms with E-state index in [4.69, 9.17) is 19.4 Å². The molecule has 0 aliphatic carbocycles. The van der Waals surface area contributed by atoms with Crippen LogP contribution in [-0.4, -0.2) is 39.4 Å². The lowest BCUT2D eigenvalue weighted by molar-refractivity contribution is 0.0924. The van der Waals surface area contributed by atoms with Crippen LogP contribution in [0.2, 0.25) is 0 Å². The molecule has 6 rings (SSSR count). The molecule has 0 aliphatic rings. The quantitative estimate of drug-likeness (QED) is 0.142. The molecule has 11 heteroatoms. The van der Waals surface area contributed by atoms with Gasteiger partial charge in [-0.15, -0.1) is 0 Å². The number of sulfonamides is 1. The third-order valence-corrected chi connectivity index (χ3v) is 9.86. The van der Waals surface area contributed by atoms with Crippen molar-refractivity contribution in [2.45, 2.75) is 51.8 Å². The summed E-state index contributed by atoms with van der Waals surface area (Å²) in [6, 6.07) is 33.1. The van der Waals surface area contributed by atoms with Crippen molar-refractivity contribution in [2.24, 2.45) is 0 Å². The molecular weight excluding hydrogens is 653 g/mol. The fourth-order valence-corrected chi connectivity index (χ4v) is 7.12. The highest BCUT2D eigenvalue weighted by Crippen LogP contribution is 2.31. The van der Waals surface area contributed by atoms with Gasteiger partial charge >= 0.3 is 12.2 Å². The Labute approximate surface area is 291 Å². The molecule has 254 valence electrons. The van der Waals surface area contributed by atoms with Crippen molar-refractivity contribution in [3.8, 4) is 11.1 Å². The Bertz CT molecular complexity index is 2200. The van der Waals surface area contributed by atoms with Gasteiger partial charge in [-0.05, 0) is 53.8 Å². The fraction of sp³-hybridized carbons (Fsp3) is 0.179. The van der Waals surface area contributed by atoms with E-state index in [9.17, 15) is 18.0 Å². The molecule has 0 fully saturated rings. The number of rotatable bonds is 10. The van der Waals surface area contributed by atoms with Gasteiger partial charge < -0.3 is 14.0 Å². The summed E-state index contributed by atoms with van der Waals surface area (Å²) in [5.74, 6) is 0.917. The van der Waals surface area contributed by atoms with E-state index in [1.54, 1.807) is 72.8 Å². The third kappa shape index (κ3) is 7.28. The lowest BCUT2D eigenvalue weighted by Gasteiger charge is -2.21. The zero-order valence-electron chi connectivity index (χ0n) is 27.9. The minimum Gasteiger partial charge on any atom is -0.443 e. The maximum atomic E-state index is 14.3. The fourth-order valence-electron chi connectivity index (χ4n) is 5.71. The summed E-state index contributed by atoms with van der Waals surface area (Å²) in [7, 11) is -4.82. The van der Waals surface area contributed by atoms with Crippen molar-refractivity contribution < 1.29 is 27.5 Å². The molecule has 0 spiro atoms. The van der Waals surface area contributed by atoms with Crippen molar-refractivity contribution in [1.82, 2.24) is 18.8 Å². The van der Waals surface area contributed by atoms with E-state index in [0.717, 1.165) is 40.2 Å². The Balaban J connectivity index is 1.31. The van der Waals surface area contributed by atoms with Crippen molar-refractivity contribution in [3.05, 3.63) is 149 Å². The molecule has 0 bridgehead atoms. The third-order valence-electron chi connectivity index (χ3n) is 8.17. The van der Waals surface area contributed by atoms with Gasteiger partial charge in [-0.2, -0.15) is 0 Å². The van der Waals surface area contributed by atoms with E-state index in [-0.39, 0.29) is 22.4 Å². The van der Waals surface area contributed by atoms with Crippen LogP contribution in [0.1, 0.15) is 40.7 Å². The second kappa shape index (κ2) is 14.8. The highest BCUT2D eigenvalue weighted by atomic mass is 32.2.